The van der Waals surface area contributed by atoms with Crippen molar-refractivity contribution in [2.45, 2.75) is 29.7 Å². The molecule has 220 valence electrons. The number of nitrogens with zero attached hydrogens (tertiary/aromatic N) is 3. The first-order valence-corrected chi connectivity index (χ1v) is 15.5. The number of ether oxygens (including phenoxy) is 1. The highest BCUT2D eigenvalue weighted by Crippen LogP contribution is 2.44. The van der Waals surface area contributed by atoms with Crippen LogP contribution in [-0.4, -0.2) is 27.0 Å². The molecular weight excluding hydrogens is 598 g/mol. The van der Waals surface area contributed by atoms with Crippen LogP contribution in [0.25, 0.3) is 5.76 Å². The van der Waals surface area contributed by atoms with E-state index in [1.165, 1.54) is 52.3 Å². The fraction of sp³-hybridized carbons (Fsp3) is 0.118. The second-order valence-corrected chi connectivity index (χ2v) is 12.3. The summed E-state index contributed by atoms with van der Waals surface area (Å²) in [7, 11) is 0. The van der Waals surface area contributed by atoms with Crippen molar-refractivity contribution in [3.8, 4) is 5.75 Å². The number of carbonyl (C=O) groups is 2. The van der Waals surface area contributed by atoms with E-state index >= 15 is 0 Å². The van der Waals surface area contributed by atoms with E-state index in [-0.39, 0.29) is 16.5 Å². The Morgan fingerprint density at radius 3 is 2.36 bits per heavy atom. The minimum absolute atomic E-state index is 0.121. The molecule has 6 rings (SSSR count). The number of halogens is 1. The molecule has 5 aromatic rings. The van der Waals surface area contributed by atoms with E-state index in [4.69, 9.17) is 4.74 Å². The fourth-order valence-corrected chi connectivity index (χ4v) is 6.69. The Hall–Kier alpha value is -4.80. The van der Waals surface area contributed by atoms with Gasteiger partial charge in [0, 0.05) is 11.3 Å². The van der Waals surface area contributed by atoms with Crippen LogP contribution in [0.1, 0.15) is 33.9 Å². The van der Waals surface area contributed by atoms with Gasteiger partial charge in [0.05, 0.1) is 11.6 Å². The van der Waals surface area contributed by atoms with E-state index in [1.54, 1.807) is 24.3 Å². The smallest absolute Gasteiger partial charge is 0.301 e. The predicted octanol–water partition coefficient (Wildman–Crippen LogP) is 7.48. The van der Waals surface area contributed by atoms with Crippen LogP contribution >= 0.6 is 23.1 Å². The molecule has 2 heterocycles. The lowest BCUT2D eigenvalue weighted by Gasteiger charge is -2.22. The van der Waals surface area contributed by atoms with Crippen molar-refractivity contribution in [1.29, 1.82) is 0 Å². The summed E-state index contributed by atoms with van der Waals surface area (Å²) in [5.41, 5.74) is 3.92. The Labute approximate surface area is 261 Å². The third-order valence-corrected chi connectivity index (χ3v) is 9.35. The standard InChI is InChI=1S/C34H26FN3O4S2/c1-21-7-5-6-10-25(21)19-42-27-17-13-24(14-18-27)30(39)28-29(23-11-15-26(35)16-12-23)38(32(41)31(28)40)33-36-37-34(44-33)43-20-22-8-3-2-4-9-22/h2-18,29,39H,19-20H2,1H3. The number of ketones is 1. The number of aryl methyl sites for hydroxylation is 1. The van der Waals surface area contributed by atoms with E-state index in [0.29, 0.717) is 33.6 Å². The van der Waals surface area contributed by atoms with Gasteiger partial charge in [-0.15, -0.1) is 10.2 Å². The molecule has 1 unspecified atom stereocenters. The molecule has 0 saturated carbocycles. The Morgan fingerprint density at radius 2 is 1.64 bits per heavy atom. The summed E-state index contributed by atoms with van der Waals surface area (Å²) in [5, 5.41) is 20.1. The van der Waals surface area contributed by atoms with Crippen molar-refractivity contribution in [2.24, 2.45) is 0 Å². The molecule has 1 aromatic heterocycles. The van der Waals surface area contributed by atoms with Crippen molar-refractivity contribution in [3.05, 3.63) is 142 Å². The zero-order chi connectivity index (χ0) is 30.6. The number of rotatable bonds is 9. The first-order chi connectivity index (χ1) is 21.4. The first kappa shape index (κ1) is 29.3. The average molecular weight is 624 g/mol. The van der Waals surface area contributed by atoms with Crippen LogP contribution in [0, 0.1) is 12.7 Å². The maximum Gasteiger partial charge on any atom is 0.301 e. The van der Waals surface area contributed by atoms with Gasteiger partial charge in [-0.05, 0) is 65.6 Å². The van der Waals surface area contributed by atoms with Gasteiger partial charge in [-0.3, -0.25) is 14.5 Å². The molecular formula is C34H26FN3O4S2. The summed E-state index contributed by atoms with van der Waals surface area (Å²) in [4.78, 5) is 28.2. The second-order valence-electron chi connectivity index (χ2n) is 10.1. The largest absolute Gasteiger partial charge is 0.507 e. The monoisotopic (exact) mass is 623 g/mol. The second kappa shape index (κ2) is 12.8. The van der Waals surface area contributed by atoms with Gasteiger partial charge in [0.15, 0.2) is 4.34 Å². The van der Waals surface area contributed by atoms with Crippen LogP contribution < -0.4 is 9.64 Å². The topological polar surface area (TPSA) is 92.6 Å². The van der Waals surface area contributed by atoms with Gasteiger partial charge < -0.3 is 9.84 Å². The van der Waals surface area contributed by atoms with Crippen LogP contribution in [0.5, 0.6) is 5.75 Å². The molecule has 0 bridgehead atoms. The van der Waals surface area contributed by atoms with Gasteiger partial charge >= 0.3 is 5.91 Å². The summed E-state index contributed by atoms with van der Waals surface area (Å²) in [6.07, 6.45) is 0. The molecule has 44 heavy (non-hydrogen) atoms. The third kappa shape index (κ3) is 6.13. The number of aliphatic hydroxyl groups is 1. The number of thioether (sulfide) groups is 1. The van der Waals surface area contributed by atoms with Crippen LogP contribution in [0.2, 0.25) is 0 Å². The van der Waals surface area contributed by atoms with Crippen molar-refractivity contribution in [3.63, 3.8) is 0 Å². The third-order valence-electron chi connectivity index (χ3n) is 7.22. The van der Waals surface area contributed by atoms with Crippen LogP contribution in [0.4, 0.5) is 9.52 Å². The lowest BCUT2D eigenvalue weighted by Crippen LogP contribution is -2.29. The number of aromatic nitrogens is 2. The molecule has 10 heteroatoms. The Kier molecular flexibility index (Phi) is 8.53. The van der Waals surface area contributed by atoms with E-state index in [9.17, 15) is 19.1 Å². The molecule has 1 amide bonds. The SMILES string of the molecule is Cc1ccccc1COc1ccc(C(O)=C2C(=O)C(=O)N(c3nnc(SCc4ccccc4)s3)C2c2ccc(F)cc2)cc1. The minimum Gasteiger partial charge on any atom is -0.507 e. The number of Topliss-reactive ketones (excluding diaryl/α,β-unsaturated/α-hetero) is 1. The van der Waals surface area contributed by atoms with Gasteiger partial charge in [0.25, 0.3) is 5.78 Å². The summed E-state index contributed by atoms with van der Waals surface area (Å²) in [6, 6.07) is 28.9. The molecule has 0 spiro atoms. The van der Waals surface area contributed by atoms with E-state index in [2.05, 4.69) is 10.2 Å². The van der Waals surface area contributed by atoms with Crippen molar-refractivity contribution in [2.75, 3.05) is 4.90 Å². The summed E-state index contributed by atoms with van der Waals surface area (Å²) >= 11 is 2.63. The summed E-state index contributed by atoms with van der Waals surface area (Å²) in [5.74, 6) is -1.31. The molecule has 4 aromatic carbocycles. The number of amides is 1. The van der Waals surface area contributed by atoms with Gasteiger partial charge in [0.1, 0.15) is 23.9 Å². The van der Waals surface area contributed by atoms with Gasteiger partial charge in [0.2, 0.25) is 5.13 Å². The normalized spacial score (nSPS) is 16.0. The van der Waals surface area contributed by atoms with Crippen LogP contribution in [-0.2, 0) is 21.9 Å². The Bertz CT molecular complexity index is 1840. The van der Waals surface area contributed by atoms with Crippen molar-refractivity contribution < 1.29 is 23.8 Å². The predicted molar refractivity (Wildman–Crippen MR) is 169 cm³/mol. The minimum atomic E-state index is -1.03. The van der Waals surface area contributed by atoms with E-state index in [0.717, 1.165) is 16.7 Å². The van der Waals surface area contributed by atoms with Crippen molar-refractivity contribution >= 4 is 45.7 Å². The zero-order valence-electron chi connectivity index (χ0n) is 23.5. The number of carbonyl (C=O) groups excluding carboxylic acids is 2. The molecule has 7 nitrogen and oxygen atoms in total. The lowest BCUT2D eigenvalue weighted by molar-refractivity contribution is -0.132. The number of anilines is 1. The fourth-order valence-electron chi connectivity index (χ4n) is 4.87. The maximum atomic E-state index is 13.9. The van der Waals surface area contributed by atoms with E-state index in [1.807, 2.05) is 61.5 Å². The van der Waals surface area contributed by atoms with Gasteiger partial charge in [-0.2, -0.15) is 0 Å². The van der Waals surface area contributed by atoms with Crippen LogP contribution in [0.15, 0.2) is 113 Å². The van der Waals surface area contributed by atoms with E-state index < -0.39 is 23.5 Å². The average Bonchev–Trinajstić information content (AvgIpc) is 3.62. The highest BCUT2D eigenvalue weighted by atomic mass is 32.2. The molecule has 1 aliphatic heterocycles. The highest BCUT2D eigenvalue weighted by Gasteiger charge is 2.48. The van der Waals surface area contributed by atoms with Gasteiger partial charge in [-0.25, -0.2) is 4.39 Å². The molecule has 0 aliphatic carbocycles. The summed E-state index contributed by atoms with van der Waals surface area (Å²) in [6.45, 7) is 2.39. The number of hydrogen-bond donors (Lipinski definition) is 1. The quantitative estimate of drug-likeness (QED) is 0.0598. The molecule has 1 atom stereocenters. The Morgan fingerprint density at radius 1 is 0.932 bits per heavy atom. The molecule has 1 saturated heterocycles. The summed E-state index contributed by atoms with van der Waals surface area (Å²) < 4.78 is 20.4. The molecule has 1 N–H and O–H groups in total. The molecule has 1 aliphatic rings. The lowest BCUT2D eigenvalue weighted by atomic mass is 9.95. The Balaban J connectivity index is 1.30. The van der Waals surface area contributed by atoms with Crippen molar-refractivity contribution in [1.82, 2.24) is 10.2 Å². The van der Waals surface area contributed by atoms with Crippen LogP contribution in [0.3, 0.4) is 0 Å². The number of hydrogen-bond acceptors (Lipinski definition) is 8. The highest BCUT2D eigenvalue weighted by molar-refractivity contribution is 8.00. The molecule has 0 radical (unpaired) electrons. The first-order valence-electron chi connectivity index (χ1n) is 13.7. The van der Waals surface area contributed by atoms with Gasteiger partial charge in [-0.1, -0.05) is 89.8 Å². The zero-order valence-corrected chi connectivity index (χ0v) is 25.1. The molecule has 1 fully saturated rings. The number of aliphatic hydroxyl groups excluding tert-OH is 1. The maximum absolute atomic E-state index is 13.9. The number of benzene rings is 4.